The number of aromatic nitrogens is 3. The zero-order chi connectivity index (χ0) is 14.5. The minimum Gasteiger partial charge on any atom is -0.356 e. The molecule has 6 heteroatoms. The molecule has 0 aliphatic rings. The Morgan fingerprint density at radius 1 is 1.38 bits per heavy atom. The van der Waals surface area contributed by atoms with Gasteiger partial charge in [0, 0.05) is 42.4 Å². The van der Waals surface area contributed by atoms with Crippen molar-refractivity contribution in [2.75, 3.05) is 0 Å². The molecule has 21 heavy (non-hydrogen) atoms. The van der Waals surface area contributed by atoms with Crippen molar-refractivity contribution in [1.82, 2.24) is 14.7 Å². The van der Waals surface area contributed by atoms with Crippen LogP contribution in [-0.2, 0) is 6.54 Å². The average Bonchev–Trinajstić information content (AvgIpc) is 3.25. The number of hydrogen-bond acceptors (Lipinski definition) is 5. The van der Waals surface area contributed by atoms with Gasteiger partial charge in [-0.05, 0) is 24.3 Å². The Labute approximate surface area is 126 Å². The molecule has 0 radical (unpaired) electrons. The second-order valence-electron chi connectivity index (χ2n) is 4.77. The van der Waals surface area contributed by atoms with Crippen molar-refractivity contribution in [2.24, 2.45) is 0 Å². The molecule has 5 nitrogen and oxygen atoms in total. The zero-order valence-electron chi connectivity index (χ0n) is 11.4. The van der Waals surface area contributed by atoms with E-state index in [0.29, 0.717) is 17.9 Å². The number of nitrogens with zero attached hydrogens (tertiary/aromatic N) is 3. The molecule has 0 saturated heterocycles. The maximum absolute atomic E-state index is 12.0. The lowest BCUT2D eigenvalue weighted by atomic mass is 10.1. The monoisotopic (exact) mass is 301 g/mol. The Morgan fingerprint density at radius 2 is 2.33 bits per heavy atom. The van der Waals surface area contributed by atoms with Crippen LogP contribution in [0.15, 0.2) is 46.1 Å². The van der Waals surface area contributed by atoms with Crippen LogP contribution in [0.5, 0.6) is 0 Å². The van der Waals surface area contributed by atoms with Crippen molar-refractivity contribution in [3.05, 3.63) is 47.3 Å². The first kappa shape index (κ1) is 13.8. The highest BCUT2D eigenvalue weighted by Gasteiger charge is 2.13. The van der Waals surface area contributed by atoms with Crippen LogP contribution in [0.25, 0.3) is 11.3 Å². The van der Waals surface area contributed by atoms with Gasteiger partial charge in [0.1, 0.15) is 5.69 Å². The lowest BCUT2D eigenvalue weighted by Gasteiger charge is -2.00. The van der Waals surface area contributed by atoms with E-state index in [4.69, 9.17) is 4.52 Å². The third-order valence-electron chi connectivity index (χ3n) is 3.23. The largest absolute Gasteiger partial charge is 0.356 e. The van der Waals surface area contributed by atoms with Crippen LogP contribution in [0, 0.1) is 0 Å². The van der Waals surface area contributed by atoms with Crippen molar-refractivity contribution in [3.63, 3.8) is 0 Å². The molecule has 3 aromatic rings. The van der Waals surface area contributed by atoms with Gasteiger partial charge in [-0.2, -0.15) is 11.3 Å². The predicted molar refractivity (Wildman–Crippen MR) is 80.2 cm³/mol. The van der Waals surface area contributed by atoms with Gasteiger partial charge in [-0.15, -0.1) is 0 Å². The lowest BCUT2D eigenvalue weighted by Crippen LogP contribution is -2.01. The summed E-state index contributed by atoms with van der Waals surface area (Å²) in [7, 11) is 0. The number of carbonyl (C=O) groups is 1. The average molecular weight is 301 g/mol. The Hall–Kier alpha value is -2.21. The molecule has 108 valence electrons. The number of hydrogen-bond donors (Lipinski definition) is 0. The molecule has 0 bridgehead atoms. The first-order chi connectivity index (χ1) is 10.3. The van der Waals surface area contributed by atoms with Crippen molar-refractivity contribution >= 4 is 17.1 Å². The summed E-state index contributed by atoms with van der Waals surface area (Å²) in [4.78, 5) is 16.0. The van der Waals surface area contributed by atoms with E-state index in [2.05, 4.69) is 10.1 Å². The SMILES string of the molecule is O=C(CCCCn1ccnc1)c1cc(-c2ccsc2)on1. The summed E-state index contributed by atoms with van der Waals surface area (Å²) in [6, 6.07) is 3.67. The normalized spacial score (nSPS) is 10.9. The first-order valence-corrected chi connectivity index (χ1v) is 7.75. The van der Waals surface area contributed by atoms with Gasteiger partial charge in [-0.1, -0.05) is 5.16 Å². The summed E-state index contributed by atoms with van der Waals surface area (Å²) in [6.07, 6.45) is 7.73. The summed E-state index contributed by atoms with van der Waals surface area (Å²) in [6.45, 7) is 0.881. The number of imidazole rings is 1. The van der Waals surface area contributed by atoms with E-state index in [-0.39, 0.29) is 5.78 Å². The molecular weight excluding hydrogens is 286 g/mol. The summed E-state index contributed by atoms with van der Waals surface area (Å²) in [5.41, 5.74) is 1.38. The highest BCUT2D eigenvalue weighted by molar-refractivity contribution is 7.08. The third-order valence-corrected chi connectivity index (χ3v) is 3.91. The molecule has 3 heterocycles. The van der Waals surface area contributed by atoms with Crippen LogP contribution in [-0.4, -0.2) is 20.5 Å². The standard InChI is InChI=1S/C15H15N3O2S/c19-14(3-1-2-6-18-7-5-16-11-18)13-9-15(20-17-13)12-4-8-21-10-12/h4-5,7-11H,1-3,6H2. The highest BCUT2D eigenvalue weighted by atomic mass is 32.1. The second-order valence-corrected chi connectivity index (χ2v) is 5.55. The van der Waals surface area contributed by atoms with E-state index in [0.717, 1.165) is 24.9 Å². The van der Waals surface area contributed by atoms with E-state index in [9.17, 15) is 4.79 Å². The minimum absolute atomic E-state index is 0.0332. The summed E-state index contributed by atoms with van der Waals surface area (Å²) in [5, 5.41) is 7.81. The van der Waals surface area contributed by atoms with E-state index in [1.807, 2.05) is 27.6 Å². The van der Waals surface area contributed by atoms with E-state index < -0.39 is 0 Å². The smallest absolute Gasteiger partial charge is 0.184 e. The quantitative estimate of drug-likeness (QED) is 0.493. The predicted octanol–water partition coefficient (Wildman–Crippen LogP) is 3.65. The topological polar surface area (TPSA) is 60.9 Å². The van der Waals surface area contributed by atoms with Gasteiger partial charge in [0.15, 0.2) is 11.5 Å². The summed E-state index contributed by atoms with van der Waals surface area (Å²) in [5.74, 6) is 0.684. The van der Waals surface area contributed by atoms with Gasteiger partial charge >= 0.3 is 0 Å². The zero-order valence-corrected chi connectivity index (χ0v) is 12.3. The molecule has 0 amide bonds. The van der Waals surface area contributed by atoms with E-state index in [1.54, 1.807) is 29.9 Å². The Balaban J connectivity index is 1.49. The molecule has 3 rings (SSSR count). The number of aryl methyl sites for hydroxylation is 1. The van der Waals surface area contributed by atoms with Crippen molar-refractivity contribution in [1.29, 1.82) is 0 Å². The first-order valence-electron chi connectivity index (χ1n) is 6.81. The van der Waals surface area contributed by atoms with Crippen LogP contribution in [0.4, 0.5) is 0 Å². The third kappa shape index (κ3) is 3.46. The minimum atomic E-state index is 0.0332. The number of thiophene rings is 1. The lowest BCUT2D eigenvalue weighted by molar-refractivity contribution is 0.0970. The number of Topliss-reactive ketones (excluding diaryl/α,β-unsaturated/α-hetero) is 1. The molecule has 0 aliphatic heterocycles. The van der Waals surface area contributed by atoms with Crippen LogP contribution >= 0.6 is 11.3 Å². The Kier molecular flexibility index (Phi) is 4.25. The maximum Gasteiger partial charge on any atom is 0.184 e. The van der Waals surface area contributed by atoms with Gasteiger partial charge in [-0.25, -0.2) is 4.98 Å². The number of rotatable bonds is 7. The van der Waals surface area contributed by atoms with E-state index >= 15 is 0 Å². The molecule has 0 N–H and O–H groups in total. The molecule has 0 spiro atoms. The van der Waals surface area contributed by atoms with Crippen molar-refractivity contribution in [3.8, 4) is 11.3 Å². The second kappa shape index (κ2) is 6.49. The highest BCUT2D eigenvalue weighted by Crippen LogP contribution is 2.23. The molecule has 0 fully saturated rings. The Morgan fingerprint density at radius 3 is 3.10 bits per heavy atom. The molecule has 0 aliphatic carbocycles. The van der Waals surface area contributed by atoms with Gasteiger partial charge < -0.3 is 9.09 Å². The van der Waals surface area contributed by atoms with Crippen LogP contribution in [0.3, 0.4) is 0 Å². The van der Waals surface area contributed by atoms with Crippen molar-refractivity contribution < 1.29 is 9.32 Å². The van der Waals surface area contributed by atoms with Gasteiger partial charge in [0.05, 0.1) is 6.33 Å². The maximum atomic E-state index is 12.0. The van der Waals surface area contributed by atoms with E-state index in [1.165, 1.54) is 0 Å². The fourth-order valence-electron chi connectivity index (χ4n) is 2.07. The van der Waals surface area contributed by atoms with Crippen LogP contribution in [0.2, 0.25) is 0 Å². The summed E-state index contributed by atoms with van der Waals surface area (Å²) < 4.78 is 7.23. The molecule has 0 aromatic carbocycles. The molecule has 0 saturated carbocycles. The fourth-order valence-corrected chi connectivity index (χ4v) is 2.72. The van der Waals surface area contributed by atoms with Gasteiger partial charge in [0.25, 0.3) is 0 Å². The number of ketones is 1. The number of carbonyl (C=O) groups excluding carboxylic acids is 1. The van der Waals surface area contributed by atoms with Crippen LogP contribution < -0.4 is 0 Å². The van der Waals surface area contributed by atoms with Crippen molar-refractivity contribution in [2.45, 2.75) is 25.8 Å². The fraction of sp³-hybridized carbons (Fsp3) is 0.267. The Bertz CT molecular complexity index is 686. The van der Waals surface area contributed by atoms with Crippen LogP contribution in [0.1, 0.15) is 29.8 Å². The molecule has 0 atom stereocenters. The summed E-state index contributed by atoms with van der Waals surface area (Å²) >= 11 is 1.59. The van der Waals surface area contributed by atoms with Gasteiger partial charge in [0.2, 0.25) is 0 Å². The molecule has 0 unspecified atom stereocenters. The molecule has 3 aromatic heterocycles. The van der Waals surface area contributed by atoms with Gasteiger partial charge in [-0.3, -0.25) is 4.79 Å². The number of unbranched alkanes of at least 4 members (excludes halogenated alkanes) is 1. The molecular formula is C15H15N3O2S.